The third-order valence-electron chi connectivity index (χ3n) is 4.93. The second-order valence-electron chi connectivity index (χ2n) is 8.26. The van der Waals surface area contributed by atoms with Crippen LogP contribution in [-0.4, -0.2) is 49.4 Å². The zero-order chi connectivity index (χ0) is 26.5. The highest BCUT2D eigenvalue weighted by Crippen LogP contribution is 2.17. The van der Waals surface area contributed by atoms with Crippen LogP contribution in [0, 0.1) is 0 Å². The van der Waals surface area contributed by atoms with Crippen molar-refractivity contribution in [2.24, 2.45) is 0 Å². The van der Waals surface area contributed by atoms with Crippen LogP contribution in [0.1, 0.15) is 29.8 Å². The van der Waals surface area contributed by atoms with Crippen LogP contribution < -0.4 is 24.8 Å². The van der Waals surface area contributed by atoms with E-state index in [4.69, 9.17) is 19.3 Å². The fraction of sp³-hybridized carbons (Fsp3) is 0.241. The highest BCUT2D eigenvalue weighted by atomic mass is 16.5. The summed E-state index contributed by atoms with van der Waals surface area (Å²) in [7, 11) is 0. The zero-order valence-electron chi connectivity index (χ0n) is 21.0. The number of ether oxygens (including phenoxy) is 3. The Bertz CT molecular complexity index is 1160. The van der Waals surface area contributed by atoms with Crippen LogP contribution in [0.4, 0.5) is 0 Å². The van der Waals surface area contributed by atoms with E-state index in [1.807, 2.05) is 44.2 Å². The molecular formula is C29H32N2O6. The van der Waals surface area contributed by atoms with Crippen molar-refractivity contribution in [3.8, 4) is 17.2 Å². The van der Waals surface area contributed by atoms with Gasteiger partial charge in [0.1, 0.15) is 36.2 Å². The molecule has 0 aromatic heterocycles. The molecule has 3 aromatic carbocycles. The molecule has 0 fully saturated rings. The molecule has 0 aliphatic heterocycles. The quantitative estimate of drug-likeness (QED) is 0.241. The summed E-state index contributed by atoms with van der Waals surface area (Å²) < 4.78 is 16.9. The molecule has 0 heterocycles. The highest BCUT2D eigenvalue weighted by molar-refractivity contribution is 6.05. The van der Waals surface area contributed by atoms with Gasteiger partial charge in [-0.1, -0.05) is 30.3 Å². The van der Waals surface area contributed by atoms with Gasteiger partial charge in [-0.2, -0.15) is 0 Å². The molecule has 0 atom stereocenters. The third-order valence-corrected chi connectivity index (χ3v) is 4.93. The summed E-state index contributed by atoms with van der Waals surface area (Å²) in [6.07, 6.45) is 1.61. The molecule has 0 aliphatic rings. The molecule has 8 heteroatoms. The van der Waals surface area contributed by atoms with Gasteiger partial charge >= 0.3 is 0 Å². The largest absolute Gasteiger partial charge is 0.491 e. The fourth-order valence-electron chi connectivity index (χ4n) is 3.24. The Balaban J connectivity index is 1.61. The van der Waals surface area contributed by atoms with Crippen molar-refractivity contribution in [1.29, 1.82) is 0 Å². The number of hydrogen-bond acceptors (Lipinski definition) is 6. The number of para-hydroxylation sites is 1. The average molecular weight is 505 g/mol. The van der Waals surface area contributed by atoms with Crippen molar-refractivity contribution in [3.63, 3.8) is 0 Å². The lowest BCUT2D eigenvalue weighted by Crippen LogP contribution is -2.36. The van der Waals surface area contributed by atoms with E-state index in [2.05, 4.69) is 10.6 Å². The van der Waals surface area contributed by atoms with Crippen molar-refractivity contribution in [2.75, 3.05) is 26.4 Å². The van der Waals surface area contributed by atoms with E-state index in [0.717, 1.165) is 5.75 Å². The standard InChI is InChI=1S/C29H32N2O6/c1-21(2)37-26-12-8-22(9-13-26)20-27(29(34)30-16-17-32)31-28(33)23-10-14-25(15-11-23)36-19-18-35-24-6-4-3-5-7-24/h3-15,20-21,32H,16-19H2,1-2H3,(H,30,34)(H,31,33)/b27-20-. The van der Waals surface area contributed by atoms with Gasteiger partial charge in [0.2, 0.25) is 0 Å². The fourth-order valence-corrected chi connectivity index (χ4v) is 3.24. The van der Waals surface area contributed by atoms with Crippen LogP contribution in [0.2, 0.25) is 0 Å². The lowest BCUT2D eigenvalue weighted by molar-refractivity contribution is -0.117. The molecule has 0 saturated heterocycles. The molecule has 0 saturated carbocycles. The van der Waals surface area contributed by atoms with Crippen molar-refractivity contribution in [2.45, 2.75) is 20.0 Å². The molecule has 0 unspecified atom stereocenters. The SMILES string of the molecule is CC(C)Oc1ccc(/C=C(\NC(=O)c2ccc(OCCOc3ccccc3)cc2)C(=O)NCCO)cc1. The van der Waals surface area contributed by atoms with Gasteiger partial charge in [-0.25, -0.2) is 0 Å². The van der Waals surface area contributed by atoms with Crippen molar-refractivity contribution < 1.29 is 28.9 Å². The number of rotatable bonds is 13. The number of aliphatic hydroxyl groups is 1. The summed E-state index contributed by atoms with van der Waals surface area (Å²) >= 11 is 0. The van der Waals surface area contributed by atoms with Gasteiger partial charge in [-0.15, -0.1) is 0 Å². The van der Waals surface area contributed by atoms with E-state index in [-0.39, 0.29) is 25.0 Å². The second kappa shape index (κ2) is 14.3. The lowest BCUT2D eigenvalue weighted by Gasteiger charge is -2.12. The summed E-state index contributed by atoms with van der Waals surface area (Å²) in [5, 5.41) is 14.3. The van der Waals surface area contributed by atoms with Crippen molar-refractivity contribution >= 4 is 17.9 Å². The van der Waals surface area contributed by atoms with E-state index < -0.39 is 11.8 Å². The topological polar surface area (TPSA) is 106 Å². The van der Waals surface area contributed by atoms with Gasteiger partial charge in [-0.05, 0) is 74.0 Å². The molecule has 3 rings (SSSR count). The molecule has 0 radical (unpaired) electrons. The maximum Gasteiger partial charge on any atom is 0.267 e. The molecule has 3 aromatic rings. The molecule has 3 N–H and O–H groups in total. The number of aliphatic hydroxyl groups excluding tert-OH is 1. The van der Waals surface area contributed by atoms with Crippen LogP contribution >= 0.6 is 0 Å². The number of carbonyl (C=O) groups excluding carboxylic acids is 2. The Morgan fingerprint density at radius 1 is 0.838 bits per heavy atom. The monoisotopic (exact) mass is 504 g/mol. The zero-order valence-corrected chi connectivity index (χ0v) is 21.0. The van der Waals surface area contributed by atoms with Crippen LogP contribution in [0.5, 0.6) is 17.2 Å². The molecule has 0 bridgehead atoms. The van der Waals surface area contributed by atoms with E-state index in [9.17, 15) is 9.59 Å². The Morgan fingerprint density at radius 2 is 1.43 bits per heavy atom. The number of nitrogens with one attached hydrogen (secondary N) is 2. The summed E-state index contributed by atoms with van der Waals surface area (Å²) in [4.78, 5) is 25.5. The maximum atomic E-state index is 12.9. The lowest BCUT2D eigenvalue weighted by atomic mass is 10.1. The minimum atomic E-state index is -0.511. The Kier molecular flexibility index (Phi) is 10.6. The summed E-state index contributed by atoms with van der Waals surface area (Å²) in [5.74, 6) is 1.10. The summed E-state index contributed by atoms with van der Waals surface area (Å²) in [6.45, 7) is 4.45. The minimum Gasteiger partial charge on any atom is -0.491 e. The Hall–Kier alpha value is -4.30. The molecule has 37 heavy (non-hydrogen) atoms. The van der Waals surface area contributed by atoms with Gasteiger partial charge in [0.05, 0.1) is 12.7 Å². The minimum absolute atomic E-state index is 0.0416. The van der Waals surface area contributed by atoms with Crippen LogP contribution in [0.3, 0.4) is 0 Å². The van der Waals surface area contributed by atoms with E-state index >= 15 is 0 Å². The van der Waals surface area contributed by atoms with E-state index in [1.54, 1.807) is 54.6 Å². The first-order chi connectivity index (χ1) is 17.9. The Labute approximate surface area is 216 Å². The van der Waals surface area contributed by atoms with Crippen molar-refractivity contribution in [1.82, 2.24) is 10.6 Å². The molecular weight excluding hydrogens is 472 g/mol. The molecule has 0 aliphatic carbocycles. The molecule has 2 amide bonds. The van der Waals surface area contributed by atoms with Gasteiger partial charge in [0.15, 0.2) is 0 Å². The number of amides is 2. The molecule has 0 spiro atoms. The average Bonchev–Trinajstić information content (AvgIpc) is 2.91. The first kappa shape index (κ1) is 27.3. The predicted molar refractivity (Wildman–Crippen MR) is 142 cm³/mol. The summed E-state index contributed by atoms with van der Waals surface area (Å²) in [5.41, 5.74) is 1.11. The second-order valence-corrected chi connectivity index (χ2v) is 8.26. The van der Waals surface area contributed by atoms with E-state index in [1.165, 1.54) is 0 Å². The van der Waals surface area contributed by atoms with Gasteiger partial charge in [0.25, 0.3) is 11.8 Å². The normalized spacial score (nSPS) is 11.1. The molecule has 194 valence electrons. The number of hydrogen-bond donors (Lipinski definition) is 3. The van der Waals surface area contributed by atoms with Crippen molar-refractivity contribution in [3.05, 3.63) is 95.7 Å². The smallest absolute Gasteiger partial charge is 0.267 e. The van der Waals surface area contributed by atoms with Crippen LogP contribution in [0.15, 0.2) is 84.6 Å². The van der Waals surface area contributed by atoms with Gasteiger partial charge in [-0.3, -0.25) is 9.59 Å². The first-order valence-corrected chi connectivity index (χ1v) is 12.0. The molecule has 8 nitrogen and oxygen atoms in total. The van der Waals surface area contributed by atoms with Gasteiger partial charge < -0.3 is 30.0 Å². The highest BCUT2D eigenvalue weighted by Gasteiger charge is 2.15. The summed E-state index contributed by atoms with van der Waals surface area (Å²) in [6, 6.07) is 23.2. The predicted octanol–water partition coefficient (Wildman–Crippen LogP) is 3.81. The van der Waals surface area contributed by atoms with Crippen LogP contribution in [0.25, 0.3) is 6.08 Å². The Morgan fingerprint density at radius 3 is 2.03 bits per heavy atom. The van der Waals surface area contributed by atoms with E-state index in [0.29, 0.717) is 35.8 Å². The van der Waals surface area contributed by atoms with Crippen LogP contribution in [-0.2, 0) is 4.79 Å². The maximum absolute atomic E-state index is 12.9. The first-order valence-electron chi connectivity index (χ1n) is 12.0. The third kappa shape index (κ3) is 9.35. The number of benzene rings is 3. The van der Waals surface area contributed by atoms with Gasteiger partial charge in [0, 0.05) is 12.1 Å². The number of carbonyl (C=O) groups is 2.